The van der Waals surface area contributed by atoms with Gasteiger partial charge in [-0.2, -0.15) is 0 Å². The summed E-state index contributed by atoms with van der Waals surface area (Å²) < 4.78 is 0.692. The molecule has 5 N–H and O–H groups in total. The van der Waals surface area contributed by atoms with Crippen molar-refractivity contribution in [3.8, 4) is 0 Å². The fourth-order valence-electron chi connectivity index (χ4n) is 3.21. The first-order valence-corrected chi connectivity index (χ1v) is 10.1. The van der Waals surface area contributed by atoms with Gasteiger partial charge in [-0.25, -0.2) is 19.9 Å². The Hall–Kier alpha value is -2.23. The molecule has 1 aliphatic rings. The van der Waals surface area contributed by atoms with Gasteiger partial charge in [-0.3, -0.25) is 0 Å². The topological polar surface area (TPSA) is 122 Å². The normalized spacial score (nSPS) is 19.5. The highest BCUT2D eigenvalue weighted by molar-refractivity contribution is 9.10. The summed E-state index contributed by atoms with van der Waals surface area (Å²) in [4.78, 5) is 17.5. The van der Waals surface area contributed by atoms with Crippen molar-refractivity contribution in [2.24, 2.45) is 0 Å². The molecule has 1 aromatic carbocycles. The minimum absolute atomic E-state index is 0.203. The molecule has 1 fully saturated rings. The highest BCUT2D eigenvalue weighted by atomic mass is 79.9. The molecule has 1 saturated carbocycles. The lowest BCUT2D eigenvalue weighted by molar-refractivity contribution is 0.126. The summed E-state index contributed by atoms with van der Waals surface area (Å²) in [6.07, 6.45) is 6.26. The van der Waals surface area contributed by atoms with Crippen LogP contribution in [-0.2, 0) is 0 Å². The van der Waals surface area contributed by atoms with Gasteiger partial charge in [0, 0.05) is 16.2 Å². The average molecular weight is 465 g/mol. The first kappa shape index (κ1) is 19.1. The maximum absolute atomic E-state index is 9.66. The molecule has 0 saturated heterocycles. The summed E-state index contributed by atoms with van der Waals surface area (Å²) in [6, 6.07) is 3.79. The predicted octanol–water partition coefficient (Wildman–Crippen LogP) is 3.88. The van der Waals surface area contributed by atoms with Gasteiger partial charge in [0.05, 0.1) is 23.0 Å². The Morgan fingerprint density at radius 1 is 1.14 bits per heavy atom. The number of hydrogen-bond donors (Lipinski definition) is 4. The fraction of sp³-hybridized carbons (Fsp3) is 0.333. The van der Waals surface area contributed by atoms with E-state index in [1.54, 1.807) is 12.3 Å². The molecule has 0 radical (unpaired) electrons. The molecule has 28 heavy (non-hydrogen) atoms. The van der Waals surface area contributed by atoms with Gasteiger partial charge in [0.1, 0.15) is 17.4 Å². The van der Waals surface area contributed by atoms with Crippen molar-refractivity contribution in [1.82, 2.24) is 19.9 Å². The van der Waals surface area contributed by atoms with Crippen molar-refractivity contribution < 1.29 is 5.11 Å². The van der Waals surface area contributed by atoms with E-state index in [0.717, 1.165) is 31.4 Å². The van der Waals surface area contributed by atoms with Crippen LogP contribution >= 0.6 is 27.5 Å². The van der Waals surface area contributed by atoms with Crippen molar-refractivity contribution in [1.29, 1.82) is 0 Å². The predicted molar refractivity (Wildman–Crippen MR) is 114 cm³/mol. The lowest BCUT2D eigenvalue weighted by atomic mass is 9.93. The van der Waals surface area contributed by atoms with E-state index in [9.17, 15) is 5.11 Å². The number of fused-ring (bicyclic) bond motifs is 1. The molecular formula is C18H19BrClN7O. The van der Waals surface area contributed by atoms with E-state index in [0.29, 0.717) is 38.0 Å². The molecule has 0 amide bonds. The Morgan fingerprint density at radius 3 is 2.68 bits per heavy atom. The molecule has 10 heteroatoms. The van der Waals surface area contributed by atoms with Gasteiger partial charge in [-0.1, -0.05) is 11.6 Å². The van der Waals surface area contributed by atoms with Gasteiger partial charge in [0.2, 0.25) is 5.95 Å². The van der Waals surface area contributed by atoms with E-state index < -0.39 is 0 Å². The maximum atomic E-state index is 9.66. The fourth-order valence-corrected chi connectivity index (χ4v) is 4.00. The standard InChI is InChI=1S/C18H19BrClN7O/c19-12-5-10(6-13(20)15(12)21)25-17-16-14(23-8-24-17)7-22-18(27-16)26-9-1-3-11(28)4-2-9/h5-9,11,28H,1-4,21H2,(H,22,26,27)(H,23,24,25). The lowest BCUT2D eigenvalue weighted by Crippen LogP contribution is -2.28. The number of nitrogen functional groups attached to an aromatic ring is 1. The summed E-state index contributed by atoms with van der Waals surface area (Å²) >= 11 is 9.56. The number of hydrogen-bond acceptors (Lipinski definition) is 8. The minimum Gasteiger partial charge on any atom is -0.397 e. The second-order valence-corrected chi connectivity index (χ2v) is 8.04. The number of nitrogens with one attached hydrogen (secondary N) is 2. The first-order valence-electron chi connectivity index (χ1n) is 8.93. The zero-order valence-electron chi connectivity index (χ0n) is 14.9. The van der Waals surface area contributed by atoms with E-state index in [4.69, 9.17) is 17.3 Å². The van der Waals surface area contributed by atoms with E-state index in [1.165, 1.54) is 6.33 Å². The monoisotopic (exact) mass is 463 g/mol. The van der Waals surface area contributed by atoms with Crippen LogP contribution in [0.15, 0.2) is 29.1 Å². The Labute approximate surface area is 175 Å². The van der Waals surface area contributed by atoms with Gasteiger partial charge < -0.3 is 21.5 Å². The van der Waals surface area contributed by atoms with Crippen LogP contribution in [0.1, 0.15) is 25.7 Å². The molecule has 0 atom stereocenters. The third-order valence-electron chi connectivity index (χ3n) is 4.75. The van der Waals surface area contributed by atoms with E-state index in [2.05, 4.69) is 46.5 Å². The number of aliphatic hydroxyl groups excluding tert-OH is 1. The average Bonchev–Trinajstić information content (AvgIpc) is 2.68. The quantitative estimate of drug-likeness (QED) is 0.429. The second-order valence-electron chi connectivity index (χ2n) is 6.78. The number of benzene rings is 1. The lowest BCUT2D eigenvalue weighted by Gasteiger charge is -2.26. The van der Waals surface area contributed by atoms with Crippen molar-refractivity contribution >= 4 is 61.7 Å². The molecule has 4 rings (SSSR count). The van der Waals surface area contributed by atoms with Crippen LogP contribution in [0.5, 0.6) is 0 Å². The van der Waals surface area contributed by atoms with Crippen LogP contribution in [0.25, 0.3) is 11.0 Å². The van der Waals surface area contributed by atoms with Gasteiger partial charge >= 0.3 is 0 Å². The van der Waals surface area contributed by atoms with Crippen LogP contribution < -0.4 is 16.4 Å². The highest BCUT2D eigenvalue weighted by Crippen LogP contribution is 2.33. The number of rotatable bonds is 4. The third kappa shape index (κ3) is 4.11. The van der Waals surface area contributed by atoms with E-state index >= 15 is 0 Å². The number of nitrogens with two attached hydrogens (primary N) is 1. The molecule has 0 bridgehead atoms. The molecule has 2 heterocycles. The van der Waals surface area contributed by atoms with Crippen molar-refractivity contribution in [2.75, 3.05) is 16.4 Å². The molecule has 2 aromatic heterocycles. The Bertz CT molecular complexity index is 987. The molecule has 8 nitrogen and oxygen atoms in total. The van der Waals surface area contributed by atoms with E-state index in [-0.39, 0.29) is 12.1 Å². The van der Waals surface area contributed by atoms with Crippen molar-refractivity contribution in [3.05, 3.63) is 34.2 Å². The molecule has 0 spiro atoms. The number of aromatic nitrogens is 4. The second kappa shape index (κ2) is 8.02. The molecular weight excluding hydrogens is 446 g/mol. The van der Waals surface area contributed by atoms with Gasteiger partial charge in [0.25, 0.3) is 0 Å². The van der Waals surface area contributed by atoms with Crippen molar-refractivity contribution in [2.45, 2.75) is 37.8 Å². The SMILES string of the molecule is Nc1c(Cl)cc(Nc2ncnc3cnc(NC4CCC(O)CC4)nc23)cc1Br. The minimum atomic E-state index is -0.203. The number of aliphatic hydroxyl groups is 1. The molecule has 0 aliphatic heterocycles. The Balaban J connectivity index is 1.61. The van der Waals surface area contributed by atoms with Crippen LogP contribution in [0, 0.1) is 0 Å². The number of halogens is 2. The summed E-state index contributed by atoms with van der Waals surface area (Å²) in [7, 11) is 0. The van der Waals surface area contributed by atoms with Crippen LogP contribution in [0.4, 0.5) is 23.1 Å². The molecule has 1 aliphatic carbocycles. The maximum Gasteiger partial charge on any atom is 0.223 e. The highest BCUT2D eigenvalue weighted by Gasteiger charge is 2.20. The van der Waals surface area contributed by atoms with Gasteiger partial charge in [-0.15, -0.1) is 0 Å². The van der Waals surface area contributed by atoms with E-state index in [1.807, 2.05) is 6.07 Å². The zero-order valence-corrected chi connectivity index (χ0v) is 17.2. The molecule has 0 unspecified atom stereocenters. The number of anilines is 4. The third-order valence-corrected chi connectivity index (χ3v) is 5.72. The van der Waals surface area contributed by atoms with Crippen molar-refractivity contribution in [3.63, 3.8) is 0 Å². The summed E-state index contributed by atoms with van der Waals surface area (Å²) in [5.41, 5.74) is 8.30. The Morgan fingerprint density at radius 2 is 1.93 bits per heavy atom. The first-order chi connectivity index (χ1) is 13.5. The van der Waals surface area contributed by atoms with Gasteiger partial charge in [-0.05, 0) is 53.7 Å². The molecule has 3 aromatic rings. The smallest absolute Gasteiger partial charge is 0.223 e. The summed E-state index contributed by atoms with van der Waals surface area (Å²) in [6.45, 7) is 0. The van der Waals surface area contributed by atoms with Crippen LogP contribution in [0.2, 0.25) is 5.02 Å². The zero-order chi connectivity index (χ0) is 19.7. The van der Waals surface area contributed by atoms with Crippen LogP contribution in [-0.4, -0.2) is 37.2 Å². The summed E-state index contributed by atoms with van der Waals surface area (Å²) in [5.74, 6) is 1.06. The summed E-state index contributed by atoms with van der Waals surface area (Å²) in [5, 5.41) is 16.7. The van der Waals surface area contributed by atoms with Crippen LogP contribution in [0.3, 0.4) is 0 Å². The number of nitrogens with zero attached hydrogens (tertiary/aromatic N) is 4. The Kier molecular flexibility index (Phi) is 5.47. The molecule has 146 valence electrons. The largest absolute Gasteiger partial charge is 0.397 e. The van der Waals surface area contributed by atoms with Gasteiger partial charge in [0.15, 0.2) is 5.82 Å².